The molecule has 0 bridgehead atoms. The van der Waals surface area contributed by atoms with Crippen LogP contribution in [-0.4, -0.2) is 19.9 Å². The molecule has 0 atom stereocenters. The fourth-order valence-corrected chi connectivity index (χ4v) is 3.60. The smallest absolute Gasteiger partial charge is 0.205 e. The molecule has 0 aliphatic rings. The van der Waals surface area contributed by atoms with Crippen LogP contribution in [0, 0.1) is 0 Å². The van der Waals surface area contributed by atoms with Crippen molar-refractivity contribution in [3.63, 3.8) is 0 Å². The first-order valence-corrected chi connectivity index (χ1v) is 6.65. The summed E-state index contributed by atoms with van der Waals surface area (Å²) in [6.07, 6.45) is 0. The van der Waals surface area contributed by atoms with Crippen LogP contribution in [0.1, 0.15) is 13.8 Å². The van der Waals surface area contributed by atoms with Gasteiger partial charge in [0, 0.05) is 5.75 Å². The van der Waals surface area contributed by atoms with Gasteiger partial charge in [-0.1, -0.05) is 24.3 Å². The molecule has 0 fully saturated rings. The van der Waals surface area contributed by atoms with Crippen molar-refractivity contribution >= 4 is 19.7 Å². The van der Waals surface area contributed by atoms with Crippen molar-refractivity contribution in [1.29, 1.82) is 0 Å². The van der Waals surface area contributed by atoms with Gasteiger partial charge in [-0.15, -0.1) is 0 Å². The Morgan fingerprint density at radius 1 is 1.25 bits per heavy atom. The van der Waals surface area contributed by atoms with Gasteiger partial charge in [-0.3, -0.25) is 0 Å². The van der Waals surface area contributed by atoms with E-state index >= 15 is 0 Å². The largest absolute Gasteiger partial charge is 0.217 e. The molecule has 0 radical (unpaired) electrons. The van der Waals surface area contributed by atoms with Crippen molar-refractivity contribution in [1.82, 2.24) is 0 Å². The number of hydrogen-bond donors (Lipinski definition) is 0. The molecular weight excluding hydrogens is 192 g/mol. The standard InChI is InChI=1S/C8H14O2S2/c1-7(2)5-11-12(9,10)6-8(3)4/h1,3,5-6H2,2,4H3. The van der Waals surface area contributed by atoms with Gasteiger partial charge in [0.2, 0.25) is 8.87 Å². The Balaban J connectivity index is 4.06. The minimum Gasteiger partial charge on any atom is -0.217 e. The maximum Gasteiger partial charge on any atom is 0.205 e. The van der Waals surface area contributed by atoms with E-state index in [1.807, 2.05) is 6.92 Å². The maximum absolute atomic E-state index is 11.2. The van der Waals surface area contributed by atoms with Gasteiger partial charge in [-0.05, 0) is 24.6 Å². The van der Waals surface area contributed by atoms with Crippen LogP contribution < -0.4 is 0 Å². The molecule has 0 spiro atoms. The van der Waals surface area contributed by atoms with E-state index in [-0.39, 0.29) is 5.75 Å². The molecule has 0 aliphatic carbocycles. The summed E-state index contributed by atoms with van der Waals surface area (Å²) >= 11 is 0. The summed E-state index contributed by atoms with van der Waals surface area (Å²) in [5.74, 6) is 0.528. The summed E-state index contributed by atoms with van der Waals surface area (Å²) in [5, 5.41) is 0. The van der Waals surface area contributed by atoms with Crippen LogP contribution >= 0.6 is 10.8 Å². The highest BCUT2D eigenvalue weighted by atomic mass is 33.1. The molecule has 70 valence electrons. The van der Waals surface area contributed by atoms with E-state index in [0.717, 1.165) is 16.4 Å². The molecule has 0 amide bonds. The maximum atomic E-state index is 11.2. The van der Waals surface area contributed by atoms with E-state index in [2.05, 4.69) is 13.2 Å². The molecule has 0 aliphatic heterocycles. The summed E-state index contributed by atoms with van der Waals surface area (Å²) in [6, 6.07) is 0. The Bertz CT molecular complexity index is 275. The molecule has 0 heterocycles. The van der Waals surface area contributed by atoms with Crippen molar-refractivity contribution in [2.75, 3.05) is 11.5 Å². The van der Waals surface area contributed by atoms with Crippen LogP contribution in [0.2, 0.25) is 0 Å². The fourth-order valence-electron chi connectivity index (χ4n) is 0.534. The zero-order valence-corrected chi connectivity index (χ0v) is 9.09. The minimum absolute atomic E-state index is 0.0605. The Labute approximate surface area is 78.1 Å². The molecule has 0 saturated carbocycles. The van der Waals surface area contributed by atoms with E-state index in [4.69, 9.17) is 0 Å². The zero-order valence-electron chi connectivity index (χ0n) is 7.46. The quantitative estimate of drug-likeness (QED) is 0.511. The predicted molar refractivity (Wildman–Crippen MR) is 55.9 cm³/mol. The first-order chi connectivity index (χ1) is 5.33. The highest BCUT2D eigenvalue weighted by Crippen LogP contribution is 2.17. The lowest BCUT2D eigenvalue weighted by atomic mass is 10.4. The highest BCUT2D eigenvalue weighted by molar-refractivity contribution is 8.72. The molecular formula is C8H14O2S2. The van der Waals surface area contributed by atoms with Crippen LogP contribution in [0.5, 0.6) is 0 Å². The van der Waals surface area contributed by atoms with Gasteiger partial charge < -0.3 is 0 Å². The summed E-state index contributed by atoms with van der Waals surface area (Å²) in [5.41, 5.74) is 1.54. The van der Waals surface area contributed by atoms with Crippen LogP contribution in [0.4, 0.5) is 0 Å². The Kier molecular flexibility index (Phi) is 4.63. The Morgan fingerprint density at radius 3 is 2.08 bits per heavy atom. The SMILES string of the molecule is C=C(C)CSS(=O)(=O)CC(=C)C. The predicted octanol–water partition coefficient (Wildman–Crippen LogP) is 2.20. The second kappa shape index (κ2) is 4.72. The minimum atomic E-state index is -3.02. The van der Waals surface area contributed by atoms with Crippen molar-refractivity contribution in [3.05, 3.63) is 24.3 Å². The molecule has 0 aromatic rings. The second-order valence-electron chi connectivity index (χ2n) is 2.88. The fraction of sp³-hybridized carbons (Fsp3) is 0.500. The molecule has 2 nitrogen and oxygen atoms in total. The first kappa shape index (κ1) is 11.8. The molecule has 12 heavy (non-hydrogen) atoms. The van der Waals surface area contributed by atoms with Crippen molar-refractivity contribution in [2.45, 2.75) is 13.8 Å². The lowest BCUT2D eigenvalue weighted by Gasteiger charge is -2.01. The van der Waals surface area contributed by atoms with Crippen LogP contribution in [0.3, 0.4) is 0 Å². The molecule has 0 aromatic carbocycles. The summed E-state index contributed by atoms with van der Waals surface area (Å²) in [4.78, 5) is 0. The van der Waals surface area contributed by atoms with E-state index in [1.54, 1.807) is 6.92 Å². The van der Waals surface area contributed by atoms with Gasteiger partial charge in [0.25, 0.3) is 0 Å². The second-order valence-corrected chi connectivity index (χ2v) is 7.04. The first-order valence-electron chi connectivity index (χ1n) is 3.49. The van der Waals surface area contributed by atoms with Gasteiger partial charge in [0.05, 0.1) is 5.75 Å². The van der Waals surface area contributed by atoms with E-state index in [9.17, 15) is 8.42 Å². The third-order valence-corrected chi connectivity index (χ3v) is 4.51. The molecule has 0 unspecified atom stereocenters. The summed E-state index contributed by atoms with van der Waals surface area (Å²) in [7, 11) is -2.09. The molecule has 0 N–H and O–H groups in total. The average molecular weight is 206 g/mol. The van der Waals surface area contributed by atoms with Crippen LogP contribution in [-0.2, 0) is 8.87 Å². The van der Waals surface area contributed by atoms with Gasteiger partial charge in [0.15, 0.2) is 0 Å². The molecule has 0 rings (SSSR count). The number of rotatable bonds is 5. The number of hydrogen-bond acceptors (Lipinski definition) is 3. The topological polar surface area (TPSA) is 34.1 Å². The highest BCUT2D eigenvalue weighted by Gasteiger charge is 2.10. The molecule has 4 heteroatoms. The monoisotopic (exact) mass is 206 g/mol. The van der Waals surface area contributed by atoms with Crippen LogP contribution in [0.15, 0.2) is 24.3 Å². The van der Waals surface area contributed by atoms with E-state index in [0.29, 0.717) is 11.3 Å². The Morgan fingerprint density at radius 2 is 1.75 bits per heavy atom. The summed E-state index contributed by atoms with van der Waals surface area (Å²) in [6.45, 7) is 10.7. The third-order valence-electron chi connectivity index (χ3n) is 0.908. The normalized spacial score (nSPS) is 11.2. The Hall–Kier alpha value is -0.220. The van der Waals surface area contributed by atoms with Gasteiger partial charge >= 0.3 is 0 Å². The third kappa shape index (κ3) is 6.49. The average Bonchev–Trinajstić information content (AvgIpc) is 1.81. The van der Waals surface area contributed by atoms with E-state index in [1.165, 1.54) is 0 Å². The van der Waals surface area contributed by atoms with Gasteiger partial charge in [0.1, 0.15) is 0 Å². The van der Waals surface area contributed by atoms with Crippen molar-refractivity contribution in [2.24, 2.45) is 0 Å². The molecule has 0 saturated heterocycles. The van der Waals surface area contributed by atoms with Gasteiger partial charge in [-0.25, -0.2) is 8.42 Å². The van der Waals surface area contributed by atoms with E-state index < -0.39 is 8.87 Å². The van der Waals surface area contributed by atoms with Gasteiger partial charge in [-0.2, -0.15) is 0 Å². The van der Waals surface area contributed by atoms with Crippen molar-refractivity contribution in [3.8, 4) is 0 Å². The lowest BCUT2D eigenvalue weighted by molar-refractivity contribution is 0.612. The molecule has 0 aromatic heterocycles. The summed E-state index contributed by atoms with van der Waals surface area (Å²) < 4.78 is 22.4. The van der Waals surface area contributed by atoms with Crippen molar-refractivity contribution < 1.29 is 8.42 Å². The van der Waals surface area contributed by atoms with Crippen LogP contribution in [0.25, 0.3) is 0 Å². The lowest BCUT2D eigenvalue weighted by Crippen LogP contribution is -2.02. The zero-order chi connectivity index (χ0) is 9.78.